The summed E-state index contributed by atoms with van der Waals surface area (Å²) in [6.07, 6.45) is 33.1. The number of esters is 3. The van der Waals surface area contributed by atoms with Crippen LogP contribution in [0.15, 0.2) is 60.7 Å². The summed E-state index contributed by atoms with van der Waals surface area (Å²) in [4.78, 5) is 88.0. The molecule has 4 rings (SSSR count). The van der Waals surface area contributed by atoms with Gasteiger partial charge in [0.2, 0.25) is 13.5 Å². The van der Waals surface area contributed by atoms with E-state index in [4.69, 9.17) is 121 Å². The zero-order chi connectivity index (χ0) is 83.1. The molecule has 2 saturated heterocycles. The molecule has 2 fully saturated rings. The number of unbranched alkanes of at least 4 members (excludes halogenated alkanes) is 36. The number of amides is 2. The van der Waals surface area contributed by atoms with E-state index in [9.17, 15) is 24.0 Å². The molecule has 2 aliphatic heterocycles. The van der Waals surface area contributed by atoms with Gasteiger partial charge in [0.05, 0.1) is 25.5 Å². The van der Waals surface area contributed by atoms with Crippen molar-refractivity contribution in [2.75, 3.05) is 26.4 Å². The Kier molecular flexibility index (Phi) is 54.7. The van der Waals surface area contributed by atoms with Crippen molar-refractivity contribution in [2.24, 2.45) is 0 Å². The fourth-order valence-electron chi connectivity index (χ4n) is 14.2. The minimum Gasteiger partial charge on any atom is -0.462 e. The predicted molar refractivity (Wildman–Crippen MR) is 456 cm³/mol. The number of halogens is 6. The van der Waals surface area contributed by atoms with Gasteiger partial charge in [-0.1, -0.05) is 365 Å². The number of alkyl carbamates (subject to hydrolysis) is 1. The molecular weight excluding hydrogens is 1600 g/mol. The number of hydrogen-bond acceptors (Lipinski definition) is 18. The molecule has 0 radical (unpaired) electrons. The Labute approximate surface area is 714 Å². The standard InChI is InChI=1S/C87H141Cl6N2O18P/c1-7-11-15-19-23-27-29-33-37-41-51-61-76(97)106-72(59-45-39-35-31-25-21-17-13-9-3)64-75(96)95-63-53-54-69(95)66-103-82-79(94-83(100)105-68-86(88,89)90)81(109-78(99)65-73(60-46-40-36-32-26-22-18-14-10-4)107-77(98)62-52-42-38-34-30-28-24-20-16-12-8-2)80(74(108-82)67-104-84(101)110-85(5,6)87(91,92)93)113-114(102,111-70-55-47-43-48-56-70)112-71-57-49-44-50-58-71/h43-44,47-50,55-58,69,72-74,79-82H,7-42,45-46,51-54,59-68H2,1-6H3,(H,94,100)/t69-,72+,73+,74+,79+,80+,81+,82+/m0/s1. The van der Waals surface area contributed by atoms with Crippen molar-refractivity contribution in [3.05, 3.63) is 60.7 Å². The third kappa shape index (κ3) is 46.8. The van der Waals surface area contributed by atoms with Gasteiger partial charge in [0.15, 0.2) is 18.0 Å². The Bertz CT molecular complexity index is 2890. The molecule has 2 aromatic carbocycles. The highest BCUT2D eigenvalue weighted by molar-refractivity contribution is 7.49. The number of benzene rings is 2. The number of carbonyl (C=O) groups is 6. The van der Waals surface area contributed by atoms with Gasteiger partial charge in [-0.2, -0.15) is 0 Å². The SMILES string of the molecule is CCCCCCCCCCCCCC(=O)O[C@H](CCCCCCCCCCC)CC(=O)O[C@@H]1[C@@H](NC(=O)OCC(Cl)(Cl)Cl)[C@H](OC[C@@H]2CCCN2C(=O)C[C@@H](CCCCCCCCCCC)OC(=O)CCCCCCCCCCCCC)O[C@H](COC(=O)OC(C)(C)C(Cl)(Cl)Cl)[C@H]1OP(=O)(Oc1ccccc1)Oc1ccccc1. The Morgan fingerprint density at radius 2 is 0.912 bits per heavy atom. The van der Waals surface area contributed by atoms with Gasteiger partial charge in [0, 0.05) is 19.4 Å². The number of carbonyl (C=O) groups excluding carboxylic acids is 6. The molecule has 0 spiro atoms. The van der Waals surface area contributed by atoms with Crippen molar-refractivity contribution >= 4 is 113 Å². The minimum absolute atomic E-state index is 0.00364. The maximum Gasteiger partial charge on any atom is 0.588 e. The first-order chi connectivity index (χ1) is 54.8. The van der Waals surface area contributed by atoms with E-state index < -0.39 is 114 Å². The maximum absolute atomic E-state index is 15.9. The number of likely N-dealkylation sites (tertiary alicyclic amines) is 1. The molecule has 2 aliphatic rings. The molecule has 2 heterocycles. The van der Waals surface area contributed by atoms with Crippen LogP contribution in [0.4, 0.5) is 9.59 Å². The summed E-state index contributed by atoms with van der Waals surface area (Å²) in [6, 6.07) is 13.4. The summed E-state index contributed by atoms with van der Waals surface area (Å²) in [7, 11) is -5.16. The van der Waals surface area contributed by atoms with E-state index in [2.05, 4.69) is 33.0 Å². The quantitative estimate of drug-likeness (QED) is 0.0213. The van der Waals surface area contributed by atoms with Crippen LogP contribution >= 0.6 is 77.4 Å². The van der Waals surface area contributed by atoms with Crippen LogP contribution in [0.1, 0.15) is 350 Å². The van der Waals surface area contributed by atoms with Gasteiger partial charge in [0.25, 0.3) is 0 Å². The van der Waals surface area contributed by atoms with Gasteiger partial charge in [-0.15, -0.1) is 0 Å². The van der Waals surface area contributed by atoms with Crippen molar-refractivity contribution < 1.29 is 84.8 Å². The zero-order valence-electron chi connectivity index (χ0n) is 69.7. The van der Waals surface area contributed by atoms with Crippen LogP contribution in [-0.2, 0) is 66.2 Å². The fraction of sp³-hybridized carbons (Fsp3) is 0.793. The molecule has 2 aromatic rings. The number of alkyl halides is 6. The van der Waals surface area contributed by atoms with Gasteiger partial charge in [0.1, 0.15) is 55.2 Å². The molecule has 0 aliphatic carbocycles. The smallest absolute Gasteiger partial charge is 0.462 e. The van der Waals surface area contributed by atoms with E-state index in [0.717, 1.165) is 116 Å². The number of phosphoric ester groups is 1. The summed E-state index contributed by atoms with van der Waals surface area (Å²) in [5.74, 6) is -2.09. The van der Waals surface area contributed by atoms with E-state index in [1.165, 1.54) is 160 Å². The lowest BCUT2D eigenvalue weighted by Crippen LogP contribution is -2.67. The van der Waals surface area contributed by atoms with Crippen LogP contribution in [0.3, 0.4) is 0 Å². The van der Waals surface area contributed by atoms with Crippen LogP contribution < -0.4 is 14.4 Å². The van der Waals surface area contributed by atoms with Crippen molar-refractivity contribution in [3.8, 4) is 11.5 Å². The highest BCUT2D eigenvalue weighted by atomic mass is 35.6. The highest BCUT2D eigenvalue weighted by Gasteiger charge is 2.56. The number of rotatable bonds is 65. The average Bonchev–Trinajstić information content (AvgIpc) is 0.797. The summed E-state index contributed by atoms with van der Waals surface area (Å²) in [5, 5.41) is 2.68. The monoisotopic (exact) mass is 1740 g/mol. The maximum atomic E-state index is 15.9. The predicted octanol–water partition coefficient (Wildman–Crippen LogP) is 25.9. The molecule has 20 nitrogen and oxygen atoms in total. The highest BCUT2D eigenvalue weighted by Crippen LogP contribution is 2.53. The molecule has 114 heavy (non-hydrogen) atoms. The Morgan fingerprint density at radius 3 is 1.32 bits per heavy atom. The van der Waals surface area contributed by atoms with Crippen molar-refractivity contribution in [2.45, 2.75) is 412 Å². The summed E-state index contributed by atoms with van der Waals surface area (Å²) in [6.45, 7) is 9.84. The lowest BCUT2D eigenvalue weighted by atomic mass is 9.96. The third-order valence-electron chi connectivity index (χ3n) is 20.9. The van der Waals surface area contributed by atoms with Crippen molar-refractivity contribution in [1.82, 2.24) is 10.2 Å². The average molecular weight is 1750 g/mol. The van der Waals surface area contributed by atoms with Crippen molar-refractivity contribution in [1.29, 1.82) is 0 Å². The molecular formula is C87H141Cl6N2O18P. The van der Waals surface area contributed by atoms with Gasteiger partial charge >= 0.3 is 38.0 Å². The van der Waals surface area contributed by atoms with E-state index in [0.29, 0.717) is 45.1 Å². The number of nitrogens with zero attached hydrogens (tertiary/aromatic N) is 1. The van der Waals surface area contributed by atoms with E-state index >= 15 is 9.36 Å². The van der Waals surface area contributed by atoms with Crippen LogP contribution in [0.25, 0.3) is 0 Å². The van der Waals surface area contributed by atoms with E-state index in [1.807, 2.05) is 0 Å². The first kappa shape index (κ1) is 103. The second kappa shape index (κ2) is 60.7. The van der Waals surface area contributed by atoms with E-state index in [-0.39, 0.29) is 55.7 Å². The van der Waals surface area contributed by atoms with Gasteiger partial charge < -0.3 is 57.2 Å². The molecule has 2 amide bonds. The molecule has 0 aromatic heterocycles. The molecule has 8 atom stereocenters. The van der Waals surface area contributed by atoms with Crippen LogP contribution in [0, 0.1) is 0 Å². The summed E-state index contributed by atoms with van der Waals surface area (Å²) in [5.41, 5.74) is -1.81. The third-order valence-corrected chi connectivity index (χ3v) is 24.0. The lowest BCUT2D eigenvalue weighted by molar-refractivity contribution is -0.273. The van der Waals surface area contributed by atoms with Crippen LogP contribution in [-0.4, -0.2) is 129 Å². The zero-order valence-corrected chi connectivity index (χ0v) is 75.1. The Balaban J connectivity index is 1.80. The molecule has 0 bridgehead atoms. The summed E-state index contributed by atoms with van der Waals surface area (Å²) >= 11 is 37.3. The lowest BCUT2D eigenvalue weighted by Gasteiger charge is -2.45. The van der Waals surface area contributed by atoms with Gasteiger partial charge in [-0.25, -0.2) is 14.2 Å². The molecule has 27 heteroatoms. The number of nitrogens with one attached hydrogen (secondary N) is 1. The molecule has 0 unspecified atom stereocenters. The first-order valence-electron chi connectivity index (χ1n) is 43.6. The number of phosphoric acid groups is 1. The largest absolute Gasteiger partial charge is 0.588 e. The van der Waals surface area contributed by atoms with E-state index in [1.54, 1.807) is 41.3 Å². The topological polar surface area (TPSA) is 236 Å². The fourth-order valence-corrected chi connectivity index (χ4v) is 15.9. The van der Waals surface area contributed by atoms with Gasteiger partial charge in [-0.3, -0.25) is 23.7 Å². The minimum atomic E-state index is -5.16. The Hall–Kier alpha value is -3.69. The number of ether oxygens (including phenoxy) is 8. The van der Waals surface area contributed by atoms with Crippen LogP contribution in [0.5, 0.6) is 11.5 Å². The normalized spacial score (nSPS) is 17.9. The molecule has 0 saturated carbocycles. The Morgan fingerprint density at radius 1 is 0.509 bits per heavy atom. The first-order valence-corrected chi connectivity index (χ1v) is 47.4. The summed E-state index contributed by atoms with van der Waals surface area (Å²) < 4.78 is 79.9. The van der Waals surface area contributed by atoms with Crippen molar-refractivity contribution in [3.63, 3.8) is 0 Å². The second-order valence-corrected chi connectivity index (χ2v) is 37.8. The molecule has 1 N–H and O–H groups in total. The van der Waals surface area contributed by atoms with Crippen LogP contribution in [0.2, 0.25) is 0 Å². The second-order valence-electron chi connectivity index (χ2n) is 31.5. The number of para-hydroxylation sites is 2. The number of hydrogen-bond donors (Lipinski definition) is 1. The van der Waals surface area contributed by atoms with Gasteiger partial charge in [-0.05, 0) is 89.5 Å². The molecule has 654 valence electrons.